The van der Waals surface area contributed by atoms with E-state index >= 15 is 0 Å². The van der Waals surface area contributed by atoms with E-state index in [1.54, 1.807) is 0 Å². The Morgan fingerprint density at radius 1 is 1.24 bits per heavy atom. The maximum Gasteiger partial charge on any atom is 0.253 e. The first-order valence-electron chi connectivity index (χ1n) is 8.64. The van der Waals surface area contributed by atoms with Gasteiger partial charge < -0.3 is 20.5 Å². The number of carbonyl (C=O) groups is 3. The van der Waals surface area contributed by atoms with Gasteiger partial charge in [-0.25, -0.2) is 0 Å². The fraction of sp³-hybridized carbons (Fsp3) is 0.706. The Morgan fingerprint density at radius 3 is 2.52 bits per heavy atom. The van der Waals surface area contributed by atoms with Crippen molar-refractivity contribution in [1.29, 1.82) is 0 Å². The van der Waals surface area contributed by atoms with E-state index in [2.05, 4.69) is 5.32 Å². The van der Waals surface area contributed by atoms with E-state index in [-0.39, 0.29) is 30.9 Å². The Kier molecular flexibility index (Phi) is 9.33. The first-order valence-corrected chi connectivity index (χ1v) is 8.64. The highest BCUT2D eigenvalue weighted by atomic mass is 16.5. The number of nitrogens with one attached hydrogen (secondary N) is 1. The molecule has 8 heteroatoms. The van der Waals surface area contributed by atoms with Crippen LogP contribution in [0.25, 0.3) is 0 Å². The van der Waals surface area contributed by atoms with E-state index in [9.17, 15) is 14.4 Å². The third kappa shape index (κ3) is 7.76. The second-order valence-electron chi connectivity index (χ2n) is 6.06. The largest absolute Gasteiger partial charge is 0.378 e. The van der Waals surface area contributed by atoms with Crippen molar-refractivity contribution in [2.75, 3.05) is 39.5 Å². The number of nitrogens with zero attached hydrogens (tertiary/aromatic N) is 1. The Labute approximate surface area is 148 Å². The molecule has 1 unspecified atom stereocenters. The van der Waals surface area contributed by atoms with E-state index in [0.717, 1.165) is 11.3 Å². The molecule has 0 fully saturated rings. The van der Waals surface area contributed by atoms with E-state index in [4.69, 9.17) is 15.2 Å². The normalized spacial score (nSPS) is 16.4. The number of rotatable bonds is 13. The molecule has 0 radical (unpaired) electrons. The molecule has 0 saturated carbocycles. The highest BCUT2D eigenvalue weighted by Crippen LogP contribution is 2.22. The molecule has 142 valence electrons. The smallest absolute Gasteiger partial charge is 0.253 e. The molecule has 8 nitrogen and oxygen atoms in total. The predicted octanol–water partition coefficient (Wildman–Crippen LogP) is -0.0316. The van der Waals surface area contributed by atoms with Gasteiger partial charge >= 0.3 is 0 Å². The molecule has 0 aromatic carbocycles. The zero-order valence-corrected chi connectivity index (χ0v) is 15.1. The summed E-state index contributed by atoms with van der Waals surface area (Å²) in [6.07, 6.45) is 4.12. The summed E-state index contributed by atoms with van der Waals surface area (Å²) in [4.78, 5) is 36.0. The number of nitrogens with two attached hydrogens (primary N) is 1. The molecular weight excluding hydrogens is 326 g/mol. The molecule has 0 aromatic rings. The third-order valence-corrected chi connectivity index (χ3v) is 4.13. The van der Waals surface area contributed by atoms with Crippen molar-refractivity contribution in [3.63, 3.8) is 0 Å². The van der Waals surface area contributed by atoms with Crippen molar-refractivity contribution in [2.45, 2.75) is 38.7 Å². The Balaban J connectivity index is 2.25. The van der Waals surface area contributed by atoms with Crippen LogP contribution in [0.1, 0.15) is 33.1 Å². The number of ether oxygens (including phenoxy) is 2. The van der Waals surface area contributed by atoms with Crippen LogP contribution in [0.15, 0.2) is 12.2 Å². The average Bonchev–Trinajstić information content (AvgIpc) is 2.92. The second kappa shape index (κ2) is 11.0. The molecular formula is C17H29N3O5. The first kappa shape index (κ1) is 21.3. The zero-order valence-electron chi connectivity index (χ0n) is 15.1. The number of hydrogen-bond acceptors (Lipinski definition) is 6. The van der Waals surface area contributed by atoms with E-state index < -0.39 is 5.60 Å². The predicted molar refractivity (Wildman–Crippen MR) is 92.6 cm³/mol. The van der Waals surface area contributed by atoms with Gasteiger partial charge in [0, 0.05) is 31.7 Å². The van der Waals surface area contributed by atoms with E-state index in [1.807, 2.05) is 13.8 Å². The van der Waals surface area contributed by atoms with Gasteiger partial charge in [-0.2, -0.15) is 0 Å². The topological polar surface area (TPSA) is 111 Å². The summed E-state index contributed by atoms with van der Waals surface area (Å²) in [6, 6.07) is 0. The van der Waals surface area contributed by atoms with E-state index in [1.165, 1.54) is 12.2 Å². The molecule has 0 saturated heterocycles. The summed E-state index contributed by atoms with van der Waals surface area (Å²) < 4.78 is 11.0. The van der Waals surface area contributed by atoms with Crippen molar-refractivity contribution in [3.8, 4) is 0 Å². The highest BCUT2D eigenvalue weighted by molar-refractivity contribution is 6.12. The van der Waals surface area contributed by atoms with Crippen LogP contribution in [-0.2, 0) is 23.9 Å². The van der Waals surface area contributed by atoms with Crippen LogP contribution in [0.5, 0.6) is 0 Å². The van der Waals surface area contributed by atoms with Crippen molar-refractivity contribution >= 4 is 17.7 Å². The fourth-order valence-electron chi connectivity index (χ4n) is 2.30. The lowest BCUT2D eigenvalue weighted by Gasteiger charge is -2.29. The van der Waals surface area contributed by atoms with Gasteiger partial charge in [-0.05, 0) is 19.8 Å². The average molecular weight is 355 g/mol. The van der Waals surface area contributed by atoms with Crippen LogP contribution in [-0.4, -0.2) is 67.7 Å². The molecule has 1 aliphatic heterocycles. The molecule has 3 N–H and O–H groups in total. The lowest BCUT2D eigenvalue weighted by Crippen LogP contribution is -2.37. The SMILES string of the molecule is CCC(C)(CCC(=O)NCCOCCN)OCCN1C(=O)C=CC1=O. The first-order chi connectivity index (χ1) is 11.9. The van der Waals surface area contributed by atoms with Crippen LogP contribution >= 0.6 is 0 Å². The van der Waals surface area contributed by atoms with Crippen LogP contribution in [0.4, 0.5) is 0 Å². The van der Waals surface area contributed by atoms with Gasteiger partial charge in [0.25, 0.3) is 11.8 Å². The maximum atomic E-state index is 11.9. The molecule has 1 aliphatic rings. The summed E-state index contributed by atoms with van der Waals surface area (Å²) in [7, 11) is 0. The number of hydrogen-bond donors (Lipinski definition) is 2. The van der Waals surface area contributed by atoms with Crippen LogP contribution in [0.3, 0.4) is 0 Å². The van der Waals surface area contributed by atoms with Gasteiger partial charge in [-0.15, -0.1) is 0 Å². The minimum absolute atomic E-state index is 0.0614. The minimum atomic E-state index is -0.480. The summed E-state index contributed by atoms with van der Waals surface area (Å²) in [6.45, 7) is 6.21. The lowest BCUT2D eigenvalue weighted by molar-refractivity contribution is -0.139. The molecule has 0 aromatic heterocycles. The standard InChI is InChI=1S/C17H29N3O5/c1-3-17(2,7-6-14(21)19-9-12-24-11-8-18)25-13-10-20-15(22)4-5-16(20)23/h4-5H,3,6-13,18H2,1-2H3,(H,19,21). The maximum absolute atomic E-state index is 11.9. The van der Waals surface area contributed by atoms with Gasteiger partial charge in [0.15, 0.2) is 0 Å². The fourth-order valence-corrected chi connectivity index (χ4v) is 2.30. The van der Waals surface area contributed by atoms with Crippen LogP contribution < -0.4 is 11.1 Å². The molecule has 1 rings (SSSR count). The van der Waals surface area contributed by atoms with Crippen LogP contribution in [0, 0.1) is 0 Å². The van der Waals surface area contributed by atoms with Crippen molar-refractivity contribution < 1.29 is 23.9 Å². The van der Waals surface area contributed by atoms with Gasteiger partial charge in [-0.3, -0.25) is 19.3 Å². The van der Waals surface area contributed by atoms with Crippen molar-refractivity contribution in [2.24, 2.45) is 5.73 Å². The minimum Gasteiger partial charge on any atom is -0.378 e. The molecule has 0 spiro atoms. The molecule has 1 heterocycles. The second-order valence-corrected chi connectivity index (χ2v) is 6.06. The lowest BCUT2D eigenvalue weighted by atomic mass is 9.96. The monoisotopic (exact) mass is 355 g/mol. The molecule has 25 heavy (non-hydrogen) atoms. The summed E-state index contributed by atoms with van der Waals surface area (Å²) >= 11 is 0. The van der Waals surface area contributed by atoms with E-state index in [0.29, 0.717) is 39.1 Å². The number of amides is 3. The van der Waals surface area contributed by atoms with Crippen LogP contribution in [0.2, 0.25) is 0 Å². The Bertz CT molecular complexity index is 477. The molecule has 1 atom stereocenters. The van der Waals surface area contributed by atoms with Gasteiger partial charge in [0.05, 0.1) is 32.0 Å². The van der Waals surface area contributed by atoms with Gasteiger partial charge in [0.2, 0.25) is 5.91 Å². The number of imide groups is 1. The Hall–Kier alpha value is -1.77. The van der Waals surface area contributed by atoms with Crippen molar-refractivity contribution in [1.82, 2.24) is 10.2 Å². The van der Waals surface area contributed by atoms with Gasteiger partial charge in [-0.1, -0.05) is 6.92 Å². The molecule has 0 bridgehead atoms. The van der Waals surface area contributed by atoms with Crippen molar-refractivity contribution in [3.05, 3.63) is 12.2 Å². The van der Waals surface area contributed by atoms with Gasteiger partial charge in [0.1, 0.15) is 0 Å². The summed E-state index contributed by atoms with van der Waals surface area (Å²) in [5.41, 5.74) is 4.83. The highest BCUT2D eigenvalue weighted by Gasteiger charge is 2.27. The third-order valence-electron chi connectivity index (χ3n) is 4.13. The number of carbonyl (C=O) groups excluding carboxylic acids is 3. The Morgan fingerprint density at radius 2 is 1.92 bits per heavy atom. The molecule has 0 aliphatic carbocycles. The zero-order chi connectivity index (χ0) is 18.7. The summed E-state index contributed by atoms with van der Waals surface area (Å²) in [5, 5.41) is 2.78. The quantitative estimate of drug-likeness (QED) is 0.354. The summed E-state index contributed by atoms with van der Waals surface area (Å²) in [5.74, 6) is -0.695. The molecule has 3 amide bonds.